The fourth-order valence-corrected chi connectivity index (χ4v) is 2.48. The second-order valence-corrected chi connectivity index (χ2v) is 4.65. The van der Waals surface area contributed by atoms with Crippen LogP contribution in [0.5, 0.6) is 0 Å². The molecular weight excluding hydrogens is 136 g/mol. The van der Waals surface area contributed by atoms with Gasteiger partial charge >= 0.3 is 0 Å². The first kappa shape index (κ1) is 7.60. The van der Waals surface area contributed by atoms with Crippen LogP contribution in [0, 0.1) is 11.3 Å². The number of rotatable bonds is 4. The van der Waals surface area contributed by atoms with Crippen LogP contribution < -0.4 is 0 Å². The molecule has 0 unspecified atom stereocenters. The van der Waals surface area contributed by atoms with E-state index in [9.17, 15) is 0 Å². The summed E-state index contributed by atoms with van der Waals surface area (Å²) in [6.45, 7) is 5.22. The summed E-state index contributed by atoms with van der Waals surface area (Å²) in [5, 5.41) is 0. The minimum Gasteiger partial charge on any atom is -0.379 e. The second kappa shape index (κ2) is 2.48. The van der Waals surface area contributed by atoms with Gasteiger partial charge in [0, 0.05) is 6.61 Å². The van der Waals surface area contributed by atoms with Gasteiger partial charge in [0.15, 0.2) is 0 Å². The summed E-state index contributed by atoms with van der Waals surface area (Å²) in [7, 11) is 0. The Morgan fingerprint density at radius 2 is 2.00 bits per heavy atom. The van der Waals surface area contributed by atoms with Gasteiger partial charge in [-0.1, -0.05) is 0 Å². The quantitative estimate of drug-likeness (QED) is 0.604. The van der Waals surface area contributed by atoms with Crippen LogP contribution in [-0.4, -0.2) is 12.7 Å². The molecule has 64 valence electrons. The molecule has 0 atom stereocenters. The predicted octanol–water partition coefficient (Wildman–Crippen LogP) is 2.60. The first-order valence-electron chi connectivity index (χ1n) is 4.82. The summed E-state index contributed by atoms with van der Waals surface area (Å²) in [6, 6.07) is 0. The van der Waals surface area contributed by atoms with Crippen LogP contribution in [-0.2, 0) is 4.74 Å². The molecule has 3 aliphatic carbocycles. The highest BCUT2D eigenvalue weighted by Gasteiger charge is 2.55. The number of hydrogen-bond donors (Lipinski definition) is 0. The highest BCUT2D eigenvalue weighted by Crippen LogP contribution is 2.66. The molecule has 1 heteroatoms. The summed E-state index contributed by atoms with van der Waals surface area (Å²) in [6.07, 6.45) is 6.27. The Kier molecular flexibility index (Phi) is 1.71. The van der Waals surface area contributed by atoms with Gasteiger partial charge in [-0.05, 0) is 50.9 Å². The first-order valence-corrected chi connectivity index (χ1v) is 4.82. The average molecular weight is 154 g/mol. The fourth-order valence-electron chi connectivity index (χ4n) is 2.48. The standard InChI is InChI=1S/C10H18O/c1-8(2)11-4-3-10-5-9(6-10)7-10/h8-9H,3-7H2,1-2H3. The average Bonchev–Trinajstić information content (AvgIpc) is 1.71. The molecular formula is C10H18O. The molecule has 0 aromatic carbocycles. The SMILES string of the molecule is CC(C)OCCC12CC(C1)C2. The molecule has 0 heterocycles. The fraction of sp³-hybridized carbons (Fsp3) is 1.00. The molecule has 0 radical (unpaired) electrons. The third kappa shape index (κ3) is 1.31. The van der Waals surface area contributed by atoms with Crippen LogP contribution in [0.2, 0.25) is 0 Å². The van der Waals surface area contributed by atoms with Gasteiger partial charge in [0.05, 0.1) is 6.10 Å². The van der Waals surface area contributed by atoms with Crippen molar-refractivity contribution in [1.82, 2.24) is 0 Å². The Labute approximate surface area is 69.1 Å². The Morgan fingerprint density at radius 1 is 1.36 bits per heavy atom. The molecule has 3 saturated carbocycles. The lowest BCUT2D eigenvalue weighted by atomic mass is 9.43. The summed E-state index contributed by atoms with van der Waals surface area (Å²) in [4.78, 5) is 0. The Morgan fingerprint density at radius 3 is 2.36 bits per heavy atom. The zero-order chi connectivity index (χ0) is 7.90. The topological polar surface area (TPSA) is 9.23 Å². The minimum absolute atomic E-state index is 0.419. The van der Waals surface area contributed by atoms with Gasteiger partial charge in [0.25, 0.3) is 0 Å². The molecule has 3 rings (SSSR count). The Balaban J connectivity index is 1.60. The van der Waals surface area contributed by atoms with E-state index in [1.165, 1.54) is 25.7 Å². The lowest BCUT2D eigenvalue weighted by Crippen LogP contribution is -2.52. The lowest BCUT2D eigenvalue weighted by molar-refractivity contribution is -0.127. The first-order chi connectivity index (χ1) is 5.20. The van der Waals surface area contributed by atoms with Gasteiger partial charge in [-0.25, -0.2) is 0 Å². The third-order valence-corrected chi connectivity index (χ3v) is 3.25. The molecule has 3 aliphatic rings. The van der Waals surface area contributed by atoms with Crippen LogP contribution in [0.3, 0.4) is 0 Å². The van der Waals surface area contributed by atoms with Crippen molar-refractivity contribution in [2.45, 2.75) is 45.6 Å². The molecule has 3 fully saturated rings. The van der Waals surface area contributed by atoms with E-state index >= 15 is 0 Å². The highest BCUT2D eigenvalue weighted by molar-refractivity contribution is 5.06. The van der Waals surface area contributed by atoms with E-state index in [2.05, 4.69) is 13.8 Å². The number of hydrogen-bond acceptors (Lipinski definition) is 1. The van der Waals surface area contributed by atoms with Gasteiger partial charge < -0.3 is 4.74 Å². The third-order valence-electron chi connectivity index (χ3n) is 3.25. The Hall–Kier alpha value is -0.0400. The van der Waals surface area contributed by atoms with E-state index in [0.29, 0.717) is 6.10 Å². The van der Waals surface area contributed by atoms with Crippen molar-refractivity contribution < 1.29 is 4.74 Å². The van der Waals surface area contributed by atoms with Crippen molar-refractivity contribution in [1.29, 1.82) is 0 Å². The van der Waals surface area contributed by atoms with E-state index in [0.717, 1.165) is 17.9 Å². The molecule has 2 bridgehead atoms. The maximum absolute atomic E-state index is 5.54. The monoisotopic (exact) mass is 154 g/mol. The predicted molar refractivity (Wildman–Crippen MR) is 45.5 cm³/mol. The van der Waals surface area contributed by atoms with E-state index in [-0.39, 0.29) is 0 Å². The molecule has 0 amide bonds. The smallest absolute Gasteiger partial charge is 0.0518 e. The molecule has 0 aliphatic heterocycles. The van der Waals surface area contributed by atoms with Gasteiger partial charge in [-0.2, -0.15) is 0 Å². The van der Waals surface area contributed by atoms with Crippen LogP contribution in [0.1, 0.15) is 39.5 Å². The molecule has 0 N–H and O–H groups in total. The molecule has 0 saturated heterocycles. The molecule has 0 aromatic rings. The molecule has 0 aromatic heterocycles. The van der Waals surface area contributed by atoms with Crippen LogP contribution >= 0.6 is 0 Å². The maximum atomic E-state index is 5.54. The summed E-state index contributed by atoms with van der Waals surface area (Å²) >= 11 is 0. The second-order valence-electron chi connectivity index (χ2n) is 4.65. The van der Waals surface area contributed by atoms with Gasteiger partial charge in [0.2, 0.25) is 0 Å². The van der Waals surface area contributed by atoms with Gasteiger partial charge in [-0.3, -0.25) is 0 Å². The zero-order valence-electron chi connectivity index (χ0n) is 7.60. The molecule has 11 heavy (non-hydrogen) atoms. The Bertz CT molecular complexity index is 134. The van der Waals surface area contributed by atoms with Crippen LogP contribution in [0.4, 0.5) is 0 Å². The van der Waals surface area contributed by atoms with Crippen LogP contribution in [0.25, 0.3) is 0 Å². The van der Waals surface area contributed by atoms with Crippen molar-refractivity contribution >= 4 is 0 Å². The minimum atomic E-state index is 0.419. The van der Waals surface area contributed by atoms with Crippen LogP contribution in [0.15, 0.2) is 0 Å². The maximum Gasteiger partial charge on any atom is 0.0518 e. The van der Waals surface area contributed by atoms with E-state index in [1.54, 1.807) is 0 Å². The van der Waals surface area contributed by atoms with E-state index in [4.69, 9.17) is 4.74 Å². The molecule has 1 nitrogen and oxygen atoms in total. The largest absolute Gasteiger partial charge is 0.379 e. The molecule has 0 spiro atoms. The summed E-state index contributed by atoms with van der Waals surface area (Å²) < 4.78 is 5.54. The van der Waals surface area contributed by atoms with Crippen molar-refractivity contribution in [2.24, 2.45) is 11.3 Å². The summed E-state index contributed by atoms with van der Waals surface area (Å²) in [5.74, 6) is 1.12. The van der Waals surface area contributed by atoms with Crippen molar-refractivity contribution in [3.63, 3.8) is 0 Å². The normalized spacial score (nSPS) is 40.1. The highest BCUT2D eigenvalue weighted by atomic mass is 16.5. The van der Waals surface area contributed by atoms with Crippen molar-refractivity contribution in [2.75, 3.05) is 6.61 Å². The van der Waals surface area contributed by atoms with E-state index in [1.807, 2.05) is 0 Å². The van der Waals surface area contributed by atoms with Gasteiger partial charge in [-0.15, -0.1) is 0 Å². The zero-order valence-corrected chi connectivity index (χ0v) is 7.60. The van der Waals surface area contributed by atoms with Crippen molar-refractivity contribution in [3.05, 3.63) is 0 Å². The summed E-state index contributed by atoms with van der Waals surface area (Å²) in [5.41, 5.74) is 0.777. The van der Waals surface area contributed by atoms with Crippen molar-refractivity contribution in [3.8, 4) is 0 Å². The number of ether oxygens (including phenoxy) is 1. The lowest BCUT2D eigenvalue weighted by Gasteiger charge is -2.62. The van der Waals surface area contributed by atoms with E-state index < -0.39 is 0 Å². The van der Waals surface area contributed by atoms with Gasteiger partial charge in [0.1, 0.15) is 0 Å².